The van der Waals surface area contributed by atoms with Crippen LogP contribution in [0.3, 0.4) is 0 Å². The number of rotatable bonds is 4. The van der Waals surface area contributed by atoms with Crippen LogP contribution in [-0.2, 0) is 4.79 Å². The summed E-state index contributed by atoms with van der Waals surface area (Å²) in [6.07, 6.45) is 1.61. The summed E-state index contributed by atoms with van der Waals surface area (Å²) in [5.41, 5.74) is 0. The first-order chi connectivity index (χ1) is 8.74. The smallest absolute Gasteiger partial charge is 0.263 e. The third-order valence-electron chi connectivity index (χ3n) is 2.10. The van der Waals surface area contributed by atoms with Gasteiger partial charge in [-0.1, -0.05) is 34.1 Å². The fraction of sp³-hybridized carbons (Fsp3) is 0.0769. The summed E-state index contributed by atoms with van der Waals surface area (Å²) in [6, 6.07) is 12.7. The Morgan fingerprint density at radius 2 is 2.06 bits per heavy atom. The number of halogens is 1. The highest BCUT2D eigenvalue weighted by Crippen LogP contribution is 2.13. The zero-order valence-corrected chi connectivity index (χ0v) is 11.1. The van der Waals surface area contributed by atoms with Crippen molar-refractivity contribution in [3.63, 3.8) is 0 Å². The number of benzene rings is 1. The number of carbonyl (C=O) groups excluding carboxylic acids is 1. The molecule has 0 aliphatic heterocycles. The van der Waals surface area contributed by atoms with E-state index < -0.39 is 0 Å². The van der Waals surface area contributed by atoms with Crippen molar-refractivity contribution in [2.24, 2.45) is 0 Å². The van der Waals surface area contributed by atoms with Crippen LogP contribution in [0.4, 0.5) is 5.82 Å². The standard InChI is InChI=1S/C13H11BrN2O2/c14-10-6-7-15-12(8-10)16-13(17)9-18-11-4-2-1-3-5-11/h1-8H,9H2,(H,15,16,17). The van der Waals surface area contributed by atoms with Gasteiger partial charge < -0.3 is 10.1 Å². The number of para-hydroxylation sites is 1. The zero-order chi connectivity index (χ0) is 12.8. The molecule has 0 radical (unpaired) electrons. The Kier molecular flexibility index (Phi) is 4.30. The van der Waals surface area contributed by atoms with Gasteiger partial charge in [-0.2, -0.15) is 0 Å². The first kappa shape index (κ1) is 12.6. The average molecular weight is 307 g/mol. The van der Waals surface area contributed by atoms with E-state index in [-0.39, 0.29) is 12.5 Å². The molecule has 0 saturated heterocycles. The monoisotopic (exact) mass is 306 g/mol. The van der Waals surface area contributed by atoms with Gasteiger partial charge in [0.2, 0.25) is 0 Å². The van der Waals surface area contributed by atoms with Gasteiger partial charge in [0.1, 0.15) is 11.6 Å². The Hall–Kier alpha value is -1.88. The fourth-order valence-electron chi connectivity index (χ4n) is 1.32. The lowest BCUT2D eigenvalue weighted by Gasteiger charge is -2.06. The third-order valence-corrected chi connectivity index (χ3v) is 2.60. The number of aromatic nitrogens is 1. The largest absolute Gasteiger partial charge is 0.484 e. The summed E-state index contributed by atoms with van der Waals surface area (Å²) in [7, 11) is 0. The van der Waals surface area contributed by atoms with Crippen molar-refractivity contribution in [1.29, 1.82) is 0 Å². The number of carbonyl (C=O) groups is 1. The molecule has 0 unspecified atom stereocenters. The molecule has 0 saturated carbocycles. The van der Waals surface area contributed by atoms with Gasteiger partial charge in [0, 0.05) is 10.7 Å². The van der Waals surface area contributed by atoms with Gasteiger partial charge in [-0.3, -0.25) is 4.79 Å². The average Bonchev–Trinajstić information content (AvgIpc) is 2.38. The highest BCUT2D eigenvalue weighted by Gasteiger charge is 2.04. The summed E-state index contributed by atoms with van der Waals surface area (Å²) in [4.78, 5) is 15.6. The van der Waals surface area contributed by atoms with E-state index in [1.807, 2.05) is 18.2 Å². The first-order valence-electron chi connectivity index (χ1n) is 5.33. The van der Waals surface area contributed by atoms with Crippen LogP contribution in [0, 0.1) is 0 Å². The molecular weight excluding hydrogens is 296 g/mol. The van der Waals surface area contributed by atoms with Crippen LogP contribution in [0.25, 0.3) is 0 Å². The lowest BCUT2D eigenvalue weighted by molar-refractivity contribution is -0.118. The first-order valence-corrected chi connectivity index (χ1v) is 6.12. The minimum atomic E-state index is -0.246. The number of hydrogen-bond acceptors (Lipinski definition) is 3. The highest BCUT2D eigenvalue weighted by atomic mass is 79.9. The molecule has 18 heavy (non-hydrogen) atoms. The normalized spacial score (nSPS) is 9.83. The van der Waals surface area contributed by atoms with Gasteiger partial charge in [0.25, 0.3) is 5.91 Å². The van der Waals surface area contributed by atoms with Crippen molar-refractivity contribution in [1.82, 2.24) is 4.98 Å². The van der Waals surface area contributed by atoms with E-state index in [0.29, 0.717) is 11.6 Å². The van der Waals surface area contributed by atoms with Crippen LogP contribution in [-0.4, -0.2) is 17.5 Å². The second kappa shape index (κ2) is 6.16. The number of hydrogen-bond donors (Lipinski definition) is 1. The molecular formula is C13H11BrN2O2. The Morgan fingerprint density at radius 3 is 2.78 bits per heavy atom. The molecule has 4 nitrogen and oxygen atoms in total. The number of ether oxygens (including phenoxy) is 1. The van der Waals surface area contributed by atoms with E-state index in [2.05, 4.69) is 26.2 Å². The molecule has 1 heterocycles. The third kappa shape index (κ3) is 3.85. The van der Waals surface area contributed by atoms with Crippen LogP contribution < -0.4 is 10.1 Å². The molecule has 2 aromatic rings. The van der Waals surface area contributed by atoms with Crippen LogP contribution in [0.2, 0.25) is 0 Å². The maximum Gasteiger partial charge on any atom is 0.263 e. The maximum absolute atomic E-state index is 11.6. The second-order valence-electron chi connectivity index (χ2n) is 3.51. The summed E-state index contributed by atoms with van der Waals surface area (Å²) < 4.78 is 6.18. The molecule has 5 heteroatoms. The van der Waals surface area contributed by atoms with Crippen molar-refractivity contribution < 1.29 is 9.53 Å². The van der Waals surface area contributed by atoms with Crippen molar-refractivity contribution in [3.8, 4) is 5.75 Å². The minimum absolute atomic E-state index is 0.0434. The SMILES string of the molecule is O=C(COc1ccccc1)Nc1cc(Br)ccn1. The van der Waals surface area contributed by atoms with E-state index in [4.69, 9.17) is 4.74 Å². The van der Waals surface area contributed by atoms with E-state index >= 15 is 0 Å². The van der Waals surface area contributed by atoms with Crippen LogP contribution in [0.1, 0.15) is 0 Å². The Morgan fingerprint density at radius 1 is 1.28 bits per heavy atom. The summed E-state index contributed by atoms with van der Waals surface area (Å²) in [5, 5.41) is 2.65. The molecule has 2 rings (SSSR count). The van der Waals surface area contributed by atoms with E-state index in [1.54, 1.807) is 30.5 Å². The summed E-state index contributed by atoms with van der Waals surface area (Å²) in [5.74, 6) is 0.908. The van der Waals surface area contributed by atoms with Gasteiger partial charge in [0.15, 0.2) is 6.61 Å². The number of nitrogens with one attached hydrogen (secondary N) is 1. The molecule has 0 fully saturated rings. The molecule has 0 aliphatic rings. The van der Waals surface area contributed by atoms with Gasteiger partial charge in [0.05, 0.1) is 0 Å². The molecule has 1 aromatic heterocycles. The molecule has 0 spiro atoms. The molecule has 1 aromatic carbocycles. The fourth-order valence-corrected chi connectivity index (χ4v) is 1.65. The Bertz CT molecular complexity index is 532. The predicted molar refractivity (Wildman–Crippen MR) is 72.5 cm³/mol. The van der Waals surface area contributed by atoms with Gasteiger partial charge in [-0.05, 0) is 24.3 Å². The molecule has 0 bridgehead atoms. The van der Waals surface area contributed by atoms with Gasteiger partial charge in [-0.15, -0.1) is 0 Å². The summed E-state index contributed by atoms with van der Waals surface area (Å²) >= 11 is 3.31. The number of nitrogens with zero attached hydrogens (tertiary/aromatic N) is 1. The molecule has 1 N–H and O–H groups in total. The number of anilines is 1. The maximum atomic E-state index is 11.6. The number of amides is 1. The lowest BCUT2D eigenvalue weighted by atomic mass is 10.3. The summed E-state index contributed by atoms with van der Waals surface area (Å²) in [6.45, 7) is -0.0434. The molecule has 0 aliphatic carbocycles. The van der Waals surface area contributed by atoms with Gasteiger partial charge in [-0.25, -0.2) is 4.98 Å². The quantitative estimate of drug-likeness (QED) is 0.945. The van der Waals surface area contributed by atoms with Crippen molar-refractivity contribution in [2.45, 2.75) is 0 Å². The van der Waals surface area contributed by atoms with E-state index in [9.17, 15) is 4.79 Å². The van der Waals surface area contributed by atoms with Crippen molar-refractivity contribution in [2.75, 3.05) is 11.9 Å². The second-order valence-corrected chi connectivity index (χ2v) is 4.42. The van der Waals surface area contributed by atoms with Crippen molar-refractivity contribution >= 4 is 27.7 Å². The predicted octanol–water partition coefficient (Wildman–Crippen LogP) is 2.86. The van der Waals surface area contributed by atoms with E-state index in [0.717, 1.165) is 4.47 Å². The molecule has 92 valence electrons. The Labute approximate surface area is 113 Å². The molecule has 0 atom stereocenters. The minimum Gasteiger partial charge on any atom is -0.484 e. The Balaban J connectivity index is 1.86. The van der Waals surface area contributed by atoms with Crippen molar-refractivity contribution in [3.05, 3.63) is 53.1 Å². The highest BCUT2D eigenvalue weighted by molar-refractivity contribution is 9.10. The van der Waals surface area contributed by atoms with Crippen LogP contribution in [0.5, 0.6) is 5.75 Å². The zero-order valence-electron chi connectivity index (χ0n) is 9.47. The topological polar surface area (TPSA) is 51.2 Å². The van der Waals surface area contributed by atoms with E-state index in [1.165, 1.54) is 0 Å². The number of pyridine rings is 1. The lowest BCUT2D eigenvalue weighted by Crippen LogP contribution is -2.20. The van der Waals surface area contributed by atoms with Crippen LogP contribution >= 0.6 is 15.9 Å². The van der Waals surface area contributed by atoms with Gasteiger partial charge >= 0.3 is 0 Å². The van der Waals surface area contributed by atoms with Crippen LogP contribution in [0.15, 0.2) is 53.1 Å². The molecule has 1 amide bonds.